The Hall–Kier alpha value is -3.32. The predicted molar refractivity (Wildman–Crippen MR) is 213 cm³/mol. The molecule has 4 fully saturated rings. The van der Waals surface area contributed by atoms with Crippen molar-refractivity contribution in [3.05, 3.63) is 112 Å². The lowest BCUT2D eigenvalue weighted by Crippen LogP contribution is -2.73. The SMILES string of the molecule is CC1(C)CCC(C)(C)c2cc(N(c3ccc4c(c3)-c3ccccc3C43C4CC5CC6CC3C64C5)c3ccc4c(c3)C(C)(C)CCC4(C)C)ccc21. The van der Waals surface area contributed by atoms with E-state index in [0.29, 0.717) is 5.41 Å². The van der Waals surface area contributed by atoms with Gasteiger partial charge in [-0.05, 0) is 183 Å². The highest BCUT2D eigenvalue weighted by Gasteiger charge is 2.84. The zero-order valence-corrected chi connectivity index (χ0v) is 32.4. The smallest absolute Gasteiger partial charge is 0.0468 e. The molecular formula is C50H57N. The first-order valence-corrected chi connectivity index (χ1v) is 20.5. The number of anilines is 3. The number of nitrogens with zero attached hydrogens (tertiary/aromatic N) is 1. The highest BCUT2D eigenvalue weighted by atomic mass is 15.1. The van der Waals surface area contributed by atoms with E-state index in [0.717, 1.165) is 23.7 Å². The molecule has 0 saturated heterocycles. The van der Waals surface area contributed by atoms with Crippen LogP contribution in [-0.4, -0.2) is 0 Å². The summed E-state index contributed by atoms with van der Waals surface area (Å²) in [7, 11) is 0. The molecule has 1 nitrogen and oxygen atoms in total. The maximum absolute atomic E-state index is 2.63. The third kappa shape index (κ3) is 3.65. The van der Waals surface area contributed by atoms with Crippen LogP contribution >= 0.6 is 0 Å². The van der Waals surface area contributed by atoms with E-state index in [1.54, 1.807) is 11.1 Å². The lowest BCUT2D eigenvalue weighted by molar-refractivity contribution is -0.231. The Bertz CT molecular complexity index is 2100. The van der Waals surface area contributed by atoms with Crippen LogP contribution in [0.15, 0.2) is 78.9 Å². The van der Waals surface area contributed by atoms with Gasteiger partial charge in [0.2, 0.25) is 0 Å². The van der Waals surface area contributed by atoms with E-state index in [1.165, 1.54) is 102 Å². The molecule has 0 N–H and O–H groups in total. The normalized spacial score (nSPS) is 34.0. The number of hydrogen-bond donors (Lipinski definition) is 0. The lowest BCUT2D eigenvalue weighted by atomic mass is 9.27. The van der Waals surface area contributed by atoms with E-state index in [4.69, 9.17) is 0 Å². The van der Waals surface area contributed by atoms with Crippen molar-refractivity contribution in [2.45, 2.75) is 134 Å². The molecule has 7 aliphatic carbocycles. The van der Waals surface area contributed by atoms with Crippen LogP contribution in [0.2, 0.25) is 0 Å². The fourth-order valence-corrected chi connectivity index (χ4v) is 14.3. The molecule has 0 radical (unpaired) electrons. The van der Waals surface area contributed by atoms with E-state index in [-0.39, 0.29) is 27.1 Å². The van der Waals surface area contributed by atoms with Crippen LogP contribution in [0.25, 0.3) is 11.1 Å². The maximum Gasteiger partial charge on any atom is 0.0468 e. The largest absolute Gasteiger partial charge is 0.310 e. The molecule has 51 heavy (non-hydrogen) atoms. The minimum absolute atomic E-state index is 0.152. The summed E-state index contributed by atoms with van der Waals surface area (Å²) in [6, 6.07) is 32.4. The minimum atomic E-state index is 0.152. The Balaban J connectivity index is 1.12. The van der Waals surface area contributed by atoms with Gasteiger partial charge >= 0.3 is 0 Å². The molecule has 2 spiro atoms. The number of rotatable bonds is 3. The van der Waals surface area contributed by atoms with E-state index >= 15 is 0 Å². The van der Waals surface area contributed by atoms with Gasteiger partial charge in [0.15, 0.2) is 0 Å². The van der Waals surface area contributed by atoms with Gasteiger partial charge in [-0.2, -0.15) is 0 Å². The quantitative estimate of drug-likeness (QED) is 0.209. The topological polar surface area (TPSA) is 3.24 Å². The van der Waals surface area contributed by atoms with Crippen molar-refractivity contribution in [2.75, 3.05) is 4.90 Å². The Morgan fingerprint density at radius 1 is 0.471 bits per heavy atom. The van der Waals surface area contributed by atoms with E-state index in [1.807, 2.05) is 0 Å². The van der Waals surface area contributed by atoms with Gasteiger partial charge in [-0.25, -0.2) is 0 Å². The van der Waals surface area contributed by atoms with E-state index in [2.05, 4.69) is 139 Å². The lowest BCUT2D eigenvalue weighted by Gasteiger charge is -2.76. The molecule has 4 saturated carbocycles. The zero-order chi connectivity index (χ0) is 35.1. The number of fused-ring (bicyclic) bond motifs is 10. The second-order valence-electron chi connectivity index (χ2n) is 21.2. The van der Waals surface area contributed by atoms with Gasteiger partial charge in [0, 0.05) is 22.5 Å². The predicted octanol–water partition coefficient (Wildman–Crippen LogP) is 13.2. The summed E-state index contributed by atoms with van der Waals surface area (Å²) in [6.45, 7) is 19.7. The first kappa shape index (κ1) is 31.2. The molecule has 4 aromatic carbocycles. The van der Waals surface area contributed by atoms with Gasteiger partial charge in [-0.3, -0.25) is 0 Å². The molecule has 4 aromatic rings. The Morgan fingerprint density at radius 3 is 1.55 bits per heavy atom. The molecule has 6 unspecified atom stereocenters. The molecule has 11 rings (SSSR count). The van der Waals surface area contributed by atoms with Crippen LogP contribution < -0.4 is 4.90 Å². The molecule has 6 atom stereocenters. The van der Waals surface area contributed by atoms with Crippen molar-refractivity contribution < 1.29 is 0 Å². The van der Waals surface area contributed by atoms with Gasteiger partial charge < -0.3 is 4.90 Å². The Kier molecular flexibility index (Phi) is 5.77. The second kappa shape index (κ2) is 9.42. The third-order valence-corrected chi connectivity index (χ3v) is 17.1. The van der Waals surface area contributed by atoms with Gasteiger partial charge in [-0.1, -0.05) is 97.9 Å². The molecule has 0 heterocycles. The molecule has 7 aliphatic rings. The van der Waals surface area contributed by atoms with Crippen molar-refractivity contribution in [3.8, 4) is 11.1 Å². The Labute approximate surface area is 307 Å². The first-order chi connectivity index (χ1) is 24.2. The zero-order valence-electron chi connectivity index (χ0n) is 32.4. The summed E-state index contributed by atoms with van der Waals surface area (Å²) in [6.07, 6.45) is 10.9. The monoisotopic (exact) mass is 671 g/mol. The van der Waals surface area contributed by atoms with Gasteiger partial charge in [0.1, 0.15) is 0 Å². The van der Waals surface area contributed by atoms with Crippen LogP contribution in [-0.2, 0) is 27.1 Å². The first-order valence-electron chi connectivity index (χ1n) is 20.5. The standard InChI is InChI=1S/C50H57N/c1-45(2)19-21-47(5,6)41-27-33(14-17-39(41)45)51(34-15-18-40-42(28-34)48(7,8)22-20-46(40,3)4)32-13-16-38-36(26-32)35-11-9-10-12-37(35)50(38)43-24-30-23-31-25-44(50)49(31,43)29-30/h9-18,26-28,30-31,43-44H,19-25,29H2,1-8H3. The Morgan fingerprint density at radius 2 is 0.961 bits per heavy atom. The van der Waals surface area contributed by atoms with Crippen molar-refractivity contribution in [2.24, 2.45) is 29.1 Å². The second-order valence-corrected chi connectivity index (χ2v) is 21.2. The van der Waals surface area contributed by atoms with Crippen molar-refractivity contribution in [1.29, 1.82) is 0 Å². The van der Waals surface area contributed by atoms with Crippen molar-refractivity contribution >= 4 is 17.1 Å². The van der Waals surface area contributed by atoms with Crippen molar-refractivity contribution in [1.82, 2.24) is 0 Å². The van der Waals surface area contributed by atoms with E-state index < -0.39 is 0 Å². The van der Waals surface area contributed by atoms with Crippen LogP contribution in [0.3, 0.4) is 0 Å². The molecular weight excluding hydrogens is 615 g/mol. The molecule has 0 aromatic heterocycles. The summed E-state index contributed by atoms with van der Waals surface area (Å²) in [5.74, 6) is 3.68. The summed E-state index contributed by atoms with van der Waals surface area (Å²) in [5.41, 5.74) is 17.9. The van der Waals surface area contributed by atoms with Crippen molar-refractivity contribution in [3.63, 3.8) is 0 Å². The average Bonchev–Trinajstić information content (AvgIpc) is 3.73. The van der Waals surface area contributed by atoms with Crippen LogP contribution in [0.5, 0.6) is 0 Å². The molecule has 0 aliphatic heterocycles. The fourth-order valence-electron chi connectivity index (χ4n) is 14.3. The summed E-state index contributed by atoms with van der Waals surface area (Å²) in [4.78, 5) is 2.63. The minimum Gasteiger partial charge on any atom is -0.310 e. The summed E-state index contributed by atoms with van der Waals surface area (Å²) < 4.78 is 0. The van der Waals surface area contributed by atoms with Gasteiger partial charge in [0.25, 0.3) is 0 Å². The number of benzene rings is 4. The molecule has 262 valence electrons. The third-order valence-electron chi connectivity index (χ3n) is 17.1. The molecule has 0 amide bonds. The van der Waals surface area contributed by atoms with E-state index in [9.17, 15) is 0 Å². The van der Waals surface area contributed by atoms with Crippen LogP contribution in [0.1, 0.15) is 140 Å². The van der Waals surface area contributed by atoms with Gasteiger partial charge in [-0.15, -0.1) is 0 Å². The average molecular weight is 672 g/mol. The fraction of sp³-hybridized carbons (Fsp3) is 0.520. The van der Waals surface area contributed by atoms with Crippen LogP contribution in [0.4, 0.5) is 17.1 Å². The maximum atomic E-state index is 2.63. The molecule has 2 bridgehead atoms. The summed E-state index contributed by atoms with van der Waals surface area (Å²) in [5, 5.41) is 0. The highest BCUT2D eigenvalue weighted by molar-refractivity contribution is 5.88. The van der Waals surface area contributed by atoms with Crippen LogP contribution in [0, 0.1) is 29.1 Å². The highest BCUT2D eigenvalue weighted by Crippen LogP contribution is 2.89. The summed E-state index contributed by atoms with van der Waals surface area (Å²) >= 11 is 0. The van der Waals surface area contributed by atoms with Gasteiger partial charge in [0.05, 0.1) is 0 Å². The molecule has 1 heteroatoms. The number of hydrogen-bond acceptors (Lipinski definition) is 1.